The van der Waals surface area contributed by atoms with E-state index in [1.807, 2.05) is 19.1 Å². The van der Waals surface area contributed by atoms with Gasteiger partial charge in [0, 0.05) is 5.02 Å². The van der Waals surface area contributed by atoms with Crippen LogP contribution in [0.4, 0.5) is 5.13 Å². The Morgan fingerprint density at radius 3 is 2.75 bits per heavy atom. The van der Waals surface area contributed by atoms with Crippen LogP contribution in [0.5, 0.6) is 0 Å². The van der Waals surface area contributed by atoms with E-state index in [4.69, 9.17) is 23.2 Å². The zero-order valence-corrected chi connectivity index (χ0v) is 15.4. The van der Waals surface area contributed by atoms with Gasteiger partial charge in [-0.15, -0.1) is 11.3 Å². The summed E-state index contributed by atoms with van der Waals surface area (Å²) in [5.41, 5.74) is 2.10. The van der Waals surface area contributed by atoms with Gasteiger partial charge >= 0.3 is 0 Å². The molecule has 4 nitrogen and oxygen atoms in total. The average Bonchev–Trinajstić information content (AvgIpc) is 3.08. The highest BCUT2D eigenvalue weighted by molar-refractivity contribution is 7.24. The fourth-order valence-corrected chi connectivity index (χ4v) is 4.73. The molecule has 2 aromatic heterocycles. The van der Waals surface area contributed by atoms with Crippen LogP contribution >= 0.6 is 45.9 Å². The Kier molecular flexibility index (Phi) is 3.92. The average molecular weight is 394 g/mol. The van der Waals surface area contributed by atoms with E-state index in [0.29, 0.717) is 20.7 Å². The van der Waals surface area contributed by atoms with Crippen LogP contribution < -0.4 is 5.32 Å². The summed E-state index contributed by atoms with van der Waals surface area (Å²) in [5, 5.41) is 5.10. The highest BCUT2D eigenvalue weighted by Gasteiger charge is 2.15. The second kappa shape index (κ2) is 5.97. The fourth-order valence-electron chi connectivity index (χ4n) is 2.38. The van der Waals surface area contributed by atoms with Crippen molar-refractivity contribution in [2.24, 2.45) is 0 Å². The molecular formula is C16H9Cl2N3OS2. The molecule has 2 aromatic carbocycles. The molecule has 1 N–H and O–H groups in total. The molecule has 0 aliphatic heterocycles. The highest BCUT2D eigenvalue weighted by atomic mass is 35.5. The minimum absolute atomic E-state index is 0.304. The van der Waals surface area contributed by atoms with E-state index in [1.54, 1.807) is 23.5 Å². The van der Waals surface area contributed by atoms with Crippen molar-refractivity contribution in [1.29, 1.82) is 0 Å². The molecule has 0 atom stereocenters. The molecular weight excluding hydrogens is 385 g/mol. The summed E-state index contributed by atoms with van der Waals surface area (Å²) in [5.74, 6) is -0.318. The van der Waals surface area contributed by atoms with Crippen LogP contribution in [0.3, 0.4) is 0 Å². The van der Waals surface area contributed by atoms with Crippen LogP contribution in [0, 0.1) is 6.92 Å². The van der Waals surface area contributed by atoms with Crippen LogP contribution in [0.2, 0.25) is 10.0 Å². The number of aryl methyl sites for hydroxylation is 1. The van der Waals surface area contributed by atoms with E-state index in [0.717, 1.165) is 25.4 Å². The first-order chi connectivity index (χ1) is 11.5. The second-order valence-corrected chi connectivity index (χ2v) is 8.17. The normalized spacial score (nSPS) is 11.3. The number of thiazole rings is 2. The van der Waals surface area contributed by atoms with Gasteiger partial charge in [-0.1, -0.05) is 34.5 Å². The lowest BCUT2D eigenvalue weighted by molar-refractivity contribution is 0.102. The molecule has 1 amide bonds. The number of benzene rings is 2. The summed E-state index contributed by atoms with van der Waals surface area (Å²) in [7, 11) is 0. The number of hydrogen-bond acceptors (Lipinski definition) is 5. The molecule has 2 heterocycles. The molecule has 0 unspecified atom stereocenters. The molecule has 24 heavy (non-hydrogen) atoms. The lowest BCUT2D eigenvalue weighted by Crippen LogP contribution is -2.12. The number of rotatable bonds is 2. The van der Waals surface area contributed by atoms with E-state index in [-0.39, 0.29) is 5.91 Å². The largest absolute Gasteiger partial charge is 0.298 e. The SMILES string of the molecule is Cc1nc2c(ccc3nc(NC(=O)c4ccc(Cl)cc4Cl)sc32)s1. The number of nitrogens with one attached hydrogen (secondary N) is 1. The predicted molar refractivity (Wildman–Crippen MR) is 102 cm³/mol. The molecule has 0 bridgehead atoms. The minimum atomic E-state index is -0.318. The molecule has 0 radical (unpaired) electrons. The van der Waals surface area contributed by atoms with Crippen LogP contribution in [-0.4, -0.2) is 15.9 Å². The van der Waals surface area contributed by atoms with Gasteiger partial charge in [0.05, 0.1) is 30.5 Å². The zero-order valence-electron chi connectivity index (χ0n) is 12.3. The molecule has 0 aliphatic carbocycles. The Labute approximate surface area is 155 Å². The molecule has 4 rings (SSSR count). The second-order valence-electron chi connectivity index (χ2n) is 5.09. The number of nitrogens with zero attached hydrogens (tertiary/aromatic N) is 2. The lowest BCUT2D eigenvalue weighted by atomic mass is 10.2. The van der Waals surface area contributed by atoms with Gasteiger partial charge in [-0.3, -0.25) is 10.1 Å². The van der Waals surface area contributed by atoms with Crippen LogP contribution in [0.15, 0.2) is 30.3 Å². The summed E-state index contributed by atoms with van der Waals surface area (Å²) >= 11 is 15.0. The third-order valence-corrected chi connectivity index (χ3v) is 5.89. The van der Waals surface area contributed by atoms with Crippen molar-refractivity contribution >= 4 is 77.3 Å². The maximum absolute atomic E-state index is 12.4. The van der Waals surface area contributed by atoms with Crippen molar-refractivity contribution in [3.05, 3.63) is 50.9 Å². The first-order valence-electron chi connectivity index (χ1n) is 6.94. The Bertz CT molecular complexity index is 1100. The minimum Gasteiger partial charge on any atom is -0.298 e. The molecule has 8 heteroatoms. The summed E-state index contributed by atoms with van der Waals surface area (Å²) < 4.78 is 2.08. The van der Waals surface area contributed by atoms with Gasteiger partial charge in [0.15, 0.2) is 5.13 Å². The van der Waals surface area contributed by atoms with Gasteiger partial charge in [0.25, 0.3) is 5.91 Å². The number of amides is 1. The van der Waals surface area contributed by atoms with E-state index < -0.39 is 0 Å². The molecule has 0 aliphatic rings. The van der Waals surface area contributed by atoms with E-state index in [9.17, 15) is 4.79 Å². The van der Waals surface area contributed by atoms with Crippen molar-refractivity contribution in [1.82, 2.24) is 9.97 Å². The lowest BCUT2D eigenvalue weighted by Gasteiger charge is -2.04. The number of anilines is 1. The van der Waals surface area contributed by atoms with Crippen molar-refractivity contribution in [2.45, 2.75) is 6.92 Å². The van der Waals surface area contributed by atoms with Crippen LogP contribution in [-0.2, 0) is 0 Å². The molecule has 0 saturated heterocycles. The van der Waals surface area contributed by atoms with Crippen molar-refractivity contribution in [2.75, 3.05) is 5.32 Å². The molecule has 0 fully saturated rings. The van der Waals surface area contributed by atoms with Gasteiger partial charge in [-0.2, -0.15) is 0 Å². The van der Waals surface area contributed by atoms with Crippen molar-refractivity contribution in [3.8, 4) is 0 Å². The molecule has 0 saturated carbocycles. The summed E-state index contributed by atoms with van der Waals surface area (Å²) in [4.78, 5) is 21.4. The van der Waals surface area contributed by atoms with E-state index in [2.05, 4.69) is 15.3 Å². The number of carbonyl (C=O) groups excluding carboxylic acids is 1. The zero-order chi connectivity index (χ0) is 16.8. The Balaban J connectivity index is 1.71. The summed E-state index contributed by atoms with van der Waals surface area (Å²) in [6.45, 7) is 1.97. The Hall–Kier alpha value is -1.73. The van der Waals surface area contributed by atoms with Gasteiger partial charge in [-0.05, 0) is 37.3 Å². The van der Waals surface area contributed by atoms with Crippen LogP contribution in [0.25, 0.3) is 20.4 Å². The third-order valence-electron chi connectivity index (χ3n) is 3.42. The maximum atomic E-state index is 12.4. The molecule has 4 aromatic rings. The van der Waals surface area contributed by atoms with Crippen LogP contribution in [0.1, 0.15) is 15.4 Å². The Morgan fingerprint density at radius 2 is 1.96 bits per heavy atom. The number of halogens is 2. The summed E-state index contributed by atoms with van der Waals surface area (Å²) in [6.07, 6.45) is 0. The topological polar surface area (TPSA) is 54.9 Å². The van der Waals surface area contributed by atoms with E-state index in [1.165, 1.54) is 17.4 Å². The predicted octanol–water partition coefficient (Wildman–Crippen LogP) is 5.77. The number of aromatic nitrogens is 2. The number of fused-ring (bicyclic) bond motifs is 3. The maximum Gasteiger partial charge on any atom is 0.258 e. The van der Waals surface area contributed by atoms with Gasteiger partial charge in [0.1, 0.15) is 5.52 Å². The monoisotopic (exact) mass is 393 g/mol. The van der Waals surface area contributed by atoms with Gasteiger partial charge in [0.2, 0.25) is 0 Å². The smallest absolute Gasteiger partial charge is 0.258 e. The quantitative estimate of drug-likeness (QED) is 0.469. The number of carbonyl (C=O) groups is 1. The Morgan fingerprint density at radius 1 is 1.12 bits per heavy atom. The van der Waals surface area contributed by atoms with Crippen molar-refractivity contribution < 1.29 is 4.79 Å². The first-order valence-corrected chi connectivity index (χ1v) is 9.33. The first kappa shape index (κ1) is 15.8. The fraction of sp³-hybridized carbons (Fsp3) is 0.0625. The third kappa shape index (κ3) is 2.75. The highest BCUT2D eigenvalue weighted by Crippen LogP contribution is 2.35. The van der Waals surface area contributed by atoms with Crippen molar-refractivity contribution in [3.63, 3.8) is 0 Å². The number of hydrogen-bond donors (Lipinski definition) is 1. The van der Waals surface area contributed by atoms with Gasteiger partial charge in [-0.25, -0.2) is 9.97 Å². The molecule has 120 valence electrons. The van der Waals surface area contributed by atoms with Gasteiger partial charge < -0.3 is 0 Å². The summed E-state index contributed by atoms with van der Waals surface area (Å²) in [6, 6.07) is 8.70. The van der Waals surface area contributed by atoms with E-state index >= 15 is 0 Å². The molecule has 0 spiro atoms. The standard InChI is InChI=1S/C16H9Cl2N3OS2/c1-7-19-13-12(23-7)5-4-11-14(13)24-16(20-11)21-15(22)9-3-2-8(17)6-10(9)18/h2-6H,1H3,(H,20,21,22).